The molecule has 0 saturated carbocycles. The molecule has 102 valence electrons. The predicted octanol–water partition coefficient (Wildman–Crippen LogP) is 3.66. The average Bonchev–Trinajstić information content (AvgIpc) is 2.91. The lowest BCUT2D eigenvalue weighted by molar-refractivity contribution is 0.750. The van der Waals surface area contributed by atoms with Crippen LogP contribution >= 0.6 is 11.3 Å². The first-order chi connectivity index (χ1) is 10.3. The van der Waals surface area contributed by atoms with Crippen LogP contribution in [0.4, 0.5) is 0 Å². The summed E-state index contributed by atoms with van der Waals surface area (Å²) in [6, 6.07) is 18.0. The minimum Gasteiger partial charge on any atom is -0.294 e. The quantitative estimate of drug-likeness (QED) is 0.565. The van der Waals surface area contributed by atoms with E-state index in [-0.39, 0.29) is 5.56 Å². The molecule has 0 unspecified atom stereocenters. The molecule has 0 aliphatic carbocycles. The van der Waals surface area contributed by atoms with Crippen LogP contribution in [0.25, 0.3) is 20.3 Å². The van der Waals surface area contributed by atoms with Crippen molar-refractivity contribution in [1.82, 2.24) is 9.55 Å². The van der Waals surface area contributed by atoms with Crippen LogP contribution in [0.5, 0.6) is 0 Å². The lowest BCUT2D eigenvalue weighted by Gasteiger charge is -2.04. The molecule has 21 heavy (non-hydrogen) atoms. The van der Waals surface area contributed by atoms with Gasteiger partial charge in [0.25, 0.3) is 5.56 Å². The second kappa shape index (κ2) is 4.82. The van der Waals surface area contributed by atoms with Crippen molar-refractivity contribution in [3.63, 3.8) is 0 Å². The molecule has 2 aromatic heterocycles. The van der Waals surface area contributed by atoms with Gasteiger partial charge >= 0.3 is 0 Å². The molecule has 4 rings (SSSR count). The van der Waals surface area contributed by atoms with E-state index in [1.165, 1.54) is 11.3 Å². The Balaban J connectivity index is 1.90. The third kappa shape index (κ3) is 2.04. The molecule has 2 heterocycles. The van der Waals surface area contributed by atoms with Crippen molar-refractivity contribution >= 4 is 31.6 Å². The van der Waals surface area contributed by atoms with Crippen LogP contribution in [0.2, 0.25) is 0 Å². The zero-order valence-corrected chi connectivity index (χ0v) is 12.0. The van der Waals surface area contributed by atoms with Gasteiger partial charge in [-0.1, -0.05) is 48.5 Å². The number of benzene rings is 2. The Morgan fingerprint density at radius 2 is 1.76 bits per heavy atom. The number of aromatic nitrogens is 2. The van der Waals surface area contributed by atoms with Crippen molar-refractivity contribution in [3.05, 3.63) is 76.8 Å². The minimum atomic E-state index is 0.0325. The molecule has 4 heteroatoms. The largest absolute Gasteiger partial charge is 0.294 e. The molecule has 0 saturated heterocycles. The van der Waals surface area contributed by atoms with E-state index in [0.29, 0.717) is 6.54 Å². The van der Waals surface area contributed by atoms with Crippen LogP contribution in [-0.4, -0.2) is 9.55 Å². The van der Waals surface area contributed by atoms with Crippen LogP contribution in [0, 0.1) is 0 Å². The van der Waals surface area contributed by atoms with Gasteiger partial charge in [-0.05, 0) is 11.6 Å². The Kier molecular flexibility index (Phi) is 2.82. The predicted molar refractivity (Wildman–Crippen MR) is 86.9 cm³/mol. The van der Waals surface area contributed by atoms with E-state index in [4.69, 9.17) is 0 Å². The molecule has 0 aliphatic heterocycles. The van der Waals surface area contributed by atoms with Crippen molar-refractivity contribution in [2.45, 2.75) is 6.54 Å². The zero-order chi connectivity index (χ0) is 14.2. The summed E-state index contributed by atoms with van der Waals surface area (Å²) in [4.78, 5) is 17.1. The lowest BCUT2D eigenvalue weighted by atomic mass is 10.2. The molecule has 0 radical (unpaired) electrons. The van der Waals surface area contributed by atoms with E-state index in [0.717, 1.165) is 25.9 Å². The van der Waals surface area contributed by atoms with Gasteiger partial charge in [-0.2, -0.15) is 0 Å². The Bertz CT molecular complexity index is 986. The summed E-state index contributed by atoms with van der Waals surface area (Å²) in [6.07, 6.45) is 1.65. The number of rotatable bonds is 2. The first-order valence-corrected chi connectivity index (χ1v) is 7.55. The molecular formula is C17H12N2OS. The van der Waals surface area contributed by atoms with Gasteiger partial charge in [0, 0.05) is 10.1 Å². The summed E-state index contributed by atoms with van der Waals surface area (Å²) >= 11 is 1.52. The second-order valence-electron chi connectivity index (χ2n) is 4.94. The highest BCUT2D eigenvalue weighted by Gasteiger charge is 2.11. The van der Waals surface area contributed by atoms with Crippen LogP contribution in [0.1, 0.15) is 5.56 Å². The summed E-state index contributed by atoms with van der Waals surface area (Å²) in [6.45, 7) is 0.552. The monoisotopic (exact) mass is 292 g/mol. The number of thiophene rings is 1. The maximum atomic E-state index is 12.6. The Hall–Kier alpha value is -2.46. The van der Waals surface area contributed by atoms with Crippen LogP contribution < -0.4 is 5.56 Å². The molecule has 0 spiro atoms. The third-order valence-corrected chi connectivity index (χ3v) is 4.69. The molecule has 0 atom stereocenters. The first kappa shape index (κ1) is 12.3. The normalized spacial score (nSPS) is 11.2. The highest BCUT2D eigenvalue weighted by molar-refractivity contribution is 7.25. The molecule has 3 nitrogen and oxygen atoms in total. The molecule has 0 bridgehead atoms. The van der Waals surface area contributed by atoms with Gasteiger partial charge in [-0.25, -0.2) is 4.98 Å². The SMILES string of the molecule is O=c1c2sc3ccccc3c2ncn1Cc1ccccc1. The third-order valence-electron chi connectivity index (χ3n) is 3.55. The second-order valence-corrected chi connectivity index (χ2v) is 5.99. The van der Waals surface area contributed by atoms with Gasteiger partial charge in [0.15, 0.2) is 0 Å². The summed E-state index contributed by atoms with van der Waals surface area (Å²) in [5.74, 6) is 0. The maximum Gasteiger partial charge on any atom is 0.271 e. The van der Waals surface area contributed by atoms with Crippen molar-refractivity contribution in [1.29, 1.82) is 0 Å². The molecule has 0 aliphatic rings. The van der Waals surface area contributed by atoms with Gasteiger partial charge < -0.3 is 0 Å². The minimum absolute atomic E-state index is 0.0325. The Morgan fingerprint density at radius 3 is 2.62 bits per heavy atom. The van der Waals surface area contributed by atoms with Gasteiger partial charge in [-0.15, -0.1) is 11.3 Å². The van der Waals surface area contributed by atoms with Crippen molar-refractivity contribution in [2.24, 2.45) is 0 Å². The average molecular weight is 292 g/mol. The topological polar surface area (TPSA) is 34.9 Å². The van der Waals surface area contributed by atoms with Crippen molar-refractivity contribution in [3.8, 4) is 0 Å². The molecular weight excluding hydrogens is 280 g/mol. The summed E-state index contributed by atoms with van der Waals surface area (Å²) in [5, 5.41) is 1.06. The number of fused-ring (bicyclic) bond motifs is 3. The summed E-state index contributed by atoms with van der Waals surface area (Å²) < 4.78 is 3.51. The molecule has 4 aromatic rings. The van der Waals surface area contributed by atoms with E-state index < -0.39 is 0 Å². The van der Waals surface area contributed by atoms with Gasteiger partial charge in [0.1, 0.15) is 4.70 Å². The summed E-state index contributed by atoms with van der Waals surface area (Å²) in [7, 11) is 0. The zero-order valence-electron chi connectivity index (χ0n) is 11.2. The fraction of sp³-hybridized carbons (Fsp3) is 0.0588. The standard InChI is InChI=1S/C17H12N2OS/c20-17-16-15(13-8-4-5-9-14(13)21-16)18-11-19(17)10-12-6-2-1-3-7-12/h1-9,11H,10H2. The van der Waals surface area contributed by atoms with Gasteiger partial charge in [-0.3, -0.25) is 9.36 Å². The van der Waals surface area contributed by atoms with Crippen LogP contribution in [0.15, 0.2) is 65.7 Å². The number of hydrogen-bond acceptors (Lipinski definition) is 3. The summed E-state index contributed by atoms with van der Waals surface area (Å²) in [5.41, 5.74) is 1.94. The molecule has 0 amide bonds. The van der Waals surface area contributed by atoms with Crippen LogP contribution in [0.3, 0.4) is 0 Å². The lowest BCUT2D eigenvalue weighted by Crippen LogP contribution is -2.20. The fourth-order valence-corrected chi connectivity index (χ4v) is 3.61. The fourth-order valence-electron chi connectivity index (χ4n) is 2.51. The smallest absolute Gasteiger partial charge is 0.271 e. The molecule has 0 fully saturated rings. The Labute approximate surface area is 125 Å². The first-order valence-electron chi connectivity index (χ1n) is 6.73. The highest BCUT2D eigenvalue weighted by atomic mass is 32.1. The van der Waals surface area contributed by atoms with Crippen LogP contribution in [-0.2, 0) is 6.54 Å². The molecule has 0 N–H and O–H groups in total. The van der Waals surface area contributed by atoms with E-state index in [1.54, 1.807) is 10.9 Å². The number of nitrogens with zero attached hydrogens (tertiary/aromatic N) is 2. The van der Waals surface area contributed by atoms with Gasteiger partial charge in [0.2, 0.25) is 0 Å². The maximum absolute atomic E-state index is 12.6. The van der Waals surface area contributed by atoms with Gasteiger partial charge in [0.05, 0.1) is 18.4 Å². The van der Waals surface area contributed by atoms with E-state index in [2.05, 4.69) is 4.98 Å². The highest BCUT2D eigenvalue weighted by Crippen LogP contribution is 2.29. The van der Waals surface area contributed by atoms with E-state index >= 15 is 0 Å². The van der Waals surface area contributed by atoms with E-state index in [9.17, 15) is 4.79 Å². The van der Waals surface area contributed by atoms with E-state index in [1.807, 2.05) is 54.6 Å². The van der Waals surface area contributed by atoms with Crippen molar-refractivity contribution in [2.75, 3.05) is 0 Å². The Morgan fingerprint density at radius 1 is 1.00 bits per heavy atom. The number of hydrogen-bond donors (Lipinski definition) is 0. The molecule has 2 aromatic carbocycles. The van der Waals surface area contributed by atoms with Crippen molar-refractivity contribution < 1.29 is 0 Å².